The van der Waals surface area contributed by atoms with E-state index >= 15 is 0 Å². The maximum absolute atomic E-state index is 12.4. The lowest BCUT2D eigenvalue weighted by Gasteiger charge is -2.22. The number of carbonyl (C=O) groups is 1. The molecule has 1 saturated carbocycles. The highest BCUT2D eigenvalue weighted by atomic mass is 16.2. The molecule has 0 unspecified atom stereocenters. The molecule has 1 aliphatic carbocycles. The van der Waals surface area contributed by atoms with E-state index in [2.05, 4.69) is 17.2 Å². The third kappa shape index (κ3) is 3.15. The summed E-state index contributed by atoms with van der Waals surface area (Å²) in [5.41, 5.74) is 6.76. The first-order valence-electron chi connectivity index (χ1n) is 6.75. The molecule has 1 aromatic carbocycles. The van der Waals surface area contributed by atoms with Gasteiger partial charge in [-0.25, -0.2) is 0 Å². The molecular formula is C16H20N2O. The molecule has 19 heavy (non-hydrogen) atoms. The van der Waals surface area contributed by atoms with E-state index in [0.29, 0.717) is 6.54 Å². The van der Waals surface area contributed by atoms with Gasteiger partial charge in [-0.2, -0.15) is 0 Å². The summed E-state index contributed by atoms with van der Waals surface area (Å²) in [7, 11) is 0. The van der Waals surface area contributed by atoms with Gasteiger partial charge < -0.3 is 11.1 Å². The lowest BCUT2D eigenvalue weighted by molar-refractivity contribution is -0.124. The number of rotatable bonds is 2. The molecule has 0 bridgehead atoms. The second kappa shape index (κ2) is 5.90. The molecule has 3 nitrogen and oxygen atoms in total. The number of amides is 1. The highest BCUT2D eigenvalue weighted by Gasteiger charge is 2.36. The van der Waals surface area contributed by atoms with Crippen molar-refractivity contribution in [1.82, 2.24) is 0 Å². The van der Waals surface area contributed by atoms with Crippen LogP contribution in [0.5, 0.6) is 0 Å². The van der Waals surface area contributed by atoms with Crippen LogP contribution >= 0.6 is 0 Å². The number of hydrogen-bond donors (Lipinski definition) is 2. The van der Waals surface area contributed by atoms with Gasteiger partial charge in [0.05, 0.1) is 12.2 Å². The van der Waals surface area contributed by atoms with Crippen molar-refractivity contribution in [3.8, 4) is 11.8 Å². The Morgan fingerprint density at radius 2 is 2.05 bits per heavy atom. The highest BCUT2D eigenvalue weighted by molar-refractivity contribution is 5.96. The minimum Gasteiger partial charge on any atom is -0.324 e. The summed E-state index contributed by atoms with van der Waals surface area (Å²) in [4.78, 5) is 12.4. The summed E-state index contributed by atoms with van der Waals surface area (Å²) in [6.45, 7) is 2.36. The van der Waals surface area contributed by atoms with Crippen molar-refractivity contribution in [2.45, 2.75) is 32.6 Å². The number of nitrogens with one attached hydrogen (secondary N) is 1. The first kappa shape index (κ1) is 13.6. The molecule has 0 radical (unpaired) electrons. The van der Waals surface area contributed by atoms with Gasteiger partial charge >= 0.3 is 0 Å². The van der Waals surface area contributed by atoms with E-state index in [9.17, 15) is 4.79 Å². The van der Waals surface area contributed by atoms with Crippen molar-refractivity contribution in [1.29, 1.82) is 0 Å². The smallest absolute Gasteiger partial charge is 0.230 e. The zero-order chi connectivity index (χ0) is 13.7. The van der Waals surface area contributed by atoms with Crippen LogP contribution in [-0.2, 0) is 4.79 Å². The number of benzene rings is 1. The van der Waals surface area contributed by atoms with Gasteiger partial charge in [-0.05, 0) is 25.0 Å². The number of hydrogen-bond acceptors (Lipinski definition) is 2. The van der Waals surface area contributed by atoms with Gasteiger partial charge in [-0.15, -0.1) is 0 Å². The third-order valence-electron chi connectivity index (χ3n) is 3.76. The Kier molecular flexibility index (Phi) is 4.24. The monoisotopic (exact) mass is 256 g/mol. The van der Waals surface area contributed by atoms with Crippen LogP contribution in [0.15, 0.2) is 24.3 Å². The standard InChI is InChI=1S/C16H20N2O/c1-16(10-4-5-11-16)15(19)18-14-9-3-2-7-13(14)8-6-12-17/h2-3,7,9H,4-5,10-12,17H2,1H3,(H,18,19). The molecule has 0 atom stereocenters. The Hall–Kier alpha value is -1.79. The molecule has 1 amide bonds. The summed E-state index contributed by atoms with van der Waals surface area (Å²) in [6.07, 6.45) is 4.21. The van der Waals surface area contributed by atoms with Crippen LogP contribution in [0.4, 0.5) is 5.69 Å². The van der Waals surface area contributed by atoms with E-state index < -0.39 is 0 Å². The van der Waals surface area contributed by atoms with E-state index in [0.717, 1.165) is 36.9 Å². The van der Waals surface area contributed by atoms with E-state index in [1.807, 2.05) is 31.2 Å². The third-order valence-corrected chi connectivity index (χ3v) is 3.76. The lowest BCUT2D eigenvalue weighted by atomic mass is 9.87. The van der Waals surface area contributed by atoms with E-state index in [-0.39, 0.29) is 11.3 Å². The van der Waals surface area contributed by atoms with Crippen LogP contribution in [0, 0.1) is 17.3 Å². The second-order valence-corrected chi connectivity index (χ2v) is 5.27. The van der Waals surface area contributed by atoms with Gasteiger partial charge in [-0.1, -0.05) is 43.7 Å². The maximum Gasteiger partial charge on any atom is 0.230 e. The fourth-order valence-electron chi connectivity index (χ4n) is 2.50. The molecule has 1 aromatic rings. The molecule has 3 N–H and O–H groups in total. The number of para-hydroxylation sites is 1. The molecule has 3 heteroatoms. The Bertz CT molecular complexity index is 519. The molecule has 0 saturated heterocycles. The second-order valence-electron chi connectivity index (χ2n) is 5.27. The maximum atomic E-state index is 12.4. The van der Waals surface area contributed by atoms with Crippen molar-refractivity contribution >= 4 is 11.6 Å². The van der Waals surface area contributed by atoms with Crippen molar-refractivity contribution in [2.24, 2.45) is 11.1 Å². The number of carbonyl (C=O) groups excluding carboxylic acids is 1. The van der Waals surface area contributed by atoms with Crippen LogP contribution < -0.4 is 11.1 Å². The van der Waals surface area contributed by atoms with E-state index in [1.165, 1.54) is 0 Å². The predicted molar refractivity (Wildman–Crippen MR) is 77.6 cm³/mol. The van der Waals surface area contributed by atoms with Crippen molar-refractivity contribution in [3.63, 3.8) is 0 Å². The molecule has 1 aliphatic rings. The summed E-state index contributed by atoms with van der Waals surface area (Å²) < 4.78 is 0. The van der Waals surface area contributed by atoms with Gasteiger partial charge in [0.1, 0.15) is 0 Å². The van der Waals surface area contributed by atoms with E-state index in [4.69, 9.17) is 5.73 Å². The summed E-state index contributed by atoms with van der Waals surface area (Å²) >= 11 is 0. The van der Waals surface area contributed by atoms with Crippen molar-refractivity contribution in [3.05, 3.63) is 29.8 Å². The zero-order valence-corrected chi connectivity index (χ0v) is 11.3. The first-order chi connectivity index (χ1) is 9.15. The molecule has 0 spiro atoms. The van der Waals surface area contributed by atoms with Crippen LogP contribution in [-0.4, -0.2) is 12.5 Å². The van der Waals surface area contributed by atoms with Crippen molar-refractivity contribution in [2.75, 3.05) is 11.9 Å². The quantitative estimate of drug-likeness (QED) is 0.799. The molecule has 1 fully saturated rings. The molecule has 2 rings (SSSR count). The van der Waals surface area contributed by atoms with Gasteiger partial charge in [-0.3, -0.25) is 4.79 Å². The van der Waals surface area contributed by atoms with E-state index in [1.54, 1.807) is 0 Å². The highest BCUT2D eigenvalue weighted by Crippen LogP contribution is 2.38. The first-order valence-corrected chi connectivity index (χ1v) is 6.75. The number of nitrogens with two attached hydrogens (primary N) is 1. The van der Waals surface area contributed by atoms with Crippen LogP contribution in [0.3, 0.4) is 0 Å². The molecule has 100 valence electrons. The van der Waals surface area contributed by atoms with Crippen molar-refractivity contribution < 1.29 is 4.79 Å². The summed E-state index contributed by atoms with van der Waals surface area (Å²) in [5, 5.41) is 3.02. The summed E-state index contributed by atoms with van der Waals surface area (Å²) in [5.74, 6) is 5.92. The minimum atomic E-state index is -0.228. The fourth-order valence-corrected chi connectivity index (χ4v) is 2.50. The normalized spacial score (nSPS) is 16.5. The van der Waals surface area contributed by atoms with Gasteiger partial charge in [0, 0.05) is 11.0 Å². The van der Waals surface area contributed by atoms with Crippen LogP contribution in [0.2, 0.25) is 0 Å². The van der Waals surface area contributed by atoms with Crippen LogP contribution in [0.25, 0.3) is 0 Å². The Balaban J connectivity index is 2.17. The Morgan fingerprint density at radius 1 is 1.37 bits per heavy atom. The average Bonchev–Trinajstić information content (AvgIpc) is 2.86. The molecule has 0 aliphatic heterocycles. The molecular weight excluding hydrogens is 236 g/mol. The average molecular weight is 256 g/mol. The van der Waals surface area contributed by atoms with Gasteiger partial charge in [0.2, 0.25) is 5.91 Å². The largest absolute Gasteiger partial charge is 0.324 e. The number of anilines is 1. The van der Waals surface area contributed by atoms with Gasteiger partial charge in [0.25, 0.3) is 0 Å². The molecule has 0 aromatic heterocycles. The Labute approximate surface area is 114 Å². The topological polar surface area (TPSA) is 55.1 Å². The SMILES string of the molecule is CC1(C(=O)Nc2ccccc2C#CCN)CCCC1. The lowest BCUT2D eigenvalue weighted by Crippen LogP contribution is -2.31. The fraction of sp³-hybridized carbons (Fsp3) is 0.438. The zero-order valence-electron chi connectivity index (χ0n) is 11.3. The minimum absolute atomic E-state index is 0.104. The summed E-state index contributed by atoms with van der Waals surface area (Å²) in [6, 6.07) is 7.60. The molecule has 0 heterocycles. The predicted octanol–water partition coefficient (Wildman–Crippen LogP) is 2.52. The van der Waals surface area contributed by atoms with Gasteiger partial charge in [0.15, 0.2) is 0 Å². The van der Waals surface area contributed by atoms with Crippen LogP contribution in [0.1, 0.15) is 38.2 Å². The Morgan fingerprint density at radius 3 is 2.74 bits per heavy atom.